The molecule has 4 nitrogen and oxygen atoms in total. The van der Waals surface area contributed by atoms with E-state index in [0.717, 1.165) is 29.9 Å². The van der Waals surface area contributed by atoms with Gasteiger partial charge in [-0.25, -0.2) is 4.39 Å². The van der Waals surface area contributed by atoms with Gasteiger partial charge in [-0.2, -0.15) is 5.10 Å². The van der Waals surface area contributed by atoms with Gasteiger partial charge in [-0.15, -0.1) is 0 Å². The summed E-state index contributed by atoms with van der Waals surface area (Å²) in [5, 5.41) is 10.3. The van der Waals surface area contributed by atoms with Gasteiger partial charge < -0.3 is 5.32 Å². The second kappa shape index (κ2) is 5.73. The Kier molecular flexibility index (Phi) is 4.04. The zero-order chi connectivity index (χ0) is 13.0. The van der Waals surface area contributed by atoms with Crippen molar-refractivity contribution < 1.29 is 4.39 Å². The van der Waals surface area contributed by atoms with Crippen molar-refractivity contribution in [3.05, 3.63) is 47.3 Å². The summed E-state index contributed by atoms with van der Waals surface area (Å²) in [5.41, 5.74) is 3.06. The van der Waals surface area contributed by atoms with Gasteiger partial charge in [0.2, 0.25) is 0 Å². The van der Waals surface area contributed by atoms with Gasteiger partial charge in [0.05, 0.1) is 18.1 Å². The van der Waals surface area contributed by atoms with Crippen molar-refractivity contribution >= 4 is 0 Å². The topological polar surface area (TPSA) is 53.6 Å². The quantitative estimate of drug-likeness (QED) is 0.854. The number of hydrogen-bond acceptors (Lipinski definition) is 3. The van der Waals surface area contributed by atoms with Crippen LogP contribution in [0.1, 0.15) is 36.3 Å². The number of aromatic amines is 1. The molecule has 2 N–H and O–H groups in total. The van der Waals surface area contributed by atoms with Crippen LogP contribution in [0.2, 0.25) is 0 Å². The maximum atomic E-state index is 12.8. The van der Waals surface area contributed by atoms with E-state index in [9.17, 15) is 4.39 Å². The summed E-state index contributed by atoms with van der Waals surface area (Å²) in [6, 6.07) is 3.29. The first-order valence-corrected chi connectivity index (χ1v) is 6.04. The smallest absolute Gasteiger partial charge is 0.141 e. The molecule has 0 saturated heterocycles. The van der Waals surface area contributed by atoms with Gasteiger partial charge in [-0.05, 0) is 25.5 Å². The van der Waals surface area contributed by atoms with Crippen molar-refractivity contribution in [2.24, 2.45) is 0 Å². The van der Waals surface area contributed by atoms with Gasteiger partial charge in [0, 0.05) is 23.8 Å². The summed E-state index contributed by atoms with van der Waals surface area (Å²) in [5.74, 6) is -0.306. The van der Waals surface area contributed by atoms with Crippen LogP contribution in [0.15, 0.2) is 24.5 Å². The molecule has 0 radical (unpaired) electrons. The monoisotopic (exact) mass is 248 g/mol. The highest BCUT2D eigenvalue weighted by Gasteiger charge is 2.11. The van der Waals surface area contributed by atoms with Gasteiger partial charge in [0.25, 0.3) is 0 Å². The van der Waals surface area contributed by atoms with Crippen LogP contribution in [0, 0.1) is 12.7 Å². The minimum Gasteiger partial charge on any atom is -0.304 e. The van der Waals surface area contributed by atoms with Gasteiger partial charge in [-0.1, -0.05) is 6.92 Å². The molecule has 1 atom stereocenters. The van der Waals surface area contributed by atoms with E-state index >= 15 is 0 Å². The molecule has 0 aliphatic rings. The minimum atomic E-state index is -0.306. The number of H-pyrrole nitrogens is 1. The highest BCUT2D eigenvalue weighted by Crippen LogP contribution is 2.15. The van der Waals surface area contributed by atoms with Crippen molar-refractivity contribution in [3.8, 4) is 0 Å². The molecule has 0 amide bonds. The highest BCUT2D eigenvalue weighted by atomic mass is 19.1. The lowest BCUT2D eigenvalue weighted by atomic mass is 10.1. The number of nitrogens with zero attached hydrogens (tertiary/aromatic N) is 2. The lowest BCUT2D eigenvalue weighted by molar-refractivity contribution is 0.503. The van der Waals surface area contributed by atoms with E-state index in [1.54, 1.807) is 6.07 Å². The molecule has 0 saturated carbocycles. The van der Waals surface area contributed by atoms with Crippen LogP contribution in [0.25, 0.3) is 0 Å². The predicted molar refractivity (Wildman–Crippen MR) is 67.4 cm³/mol. The van der Waals surface area contributed by atoms with E-state index in [1.807, 2.05) is 13.1 Å². The van der Waals surface area contributed by atoms with Crippen LogP contribution in [-0.2, 0) is 6.54 Å². The zero-order valence-corrected chi connectivity index (χ0v) is 10.6. The number of aromatic nitrogens is 3. The molecule has 0 aromatic carbocycles. The molecule has 0 bridgehead atoms. The summed E-state index contributed by atoms with van der Waals surface area (Å²) in [6.07, 6.45) is 3.96. The molecule has 0 fully saturated rings. The lowest BCUT2D eigenvalue weighted by Crippen LogP contribution is -2.21. The highest BCUT2D eigenvalue weighted by molar-refractivity contribution is 5.15. The molecule has 0 aliphatic heterocycles. The van der Waals surface area contributed by atoms with Crippen molar-refractivity contribution in [1.29, 1.82) is 0 Å². The van der Waals surface area contributed by atoms with Crippen molar-refractivity contribution in [2.75, 3.05) is 0 Å². The Morgan fingerprint density at radius 3 is 2.78 bits per heavy atom. The van der Waals surface area contributed by atoms with Crippen molar-refractivity contribution in [3.63, 3.8) is 0 Å². The number of pyridine rings is 1. The Hall–Kier alpha value is -1.75. The fourth-order valence-corrected chi connectivity index (χ4v) is 1.84. The number of halogens is 1. The first kappa shape index (κ1) is 12.7. The average molecular weight is 248 g/mol. The van der Waals surface area contributed by atoms with Crippen LogP contribution >= 0.6 is 0 Å². The van der Waals surface area contributed by atoms with E-state index in [2.05, 4.69) is 27.4 Å². The molecular weight excluding hydrogens is 231 g/mol. The van der Waals surface area contributed by atoms with E-state index in [0.29, 0.717) is 0 Å². The first-order chi connectivity index (χ1) is 8.70. The largest absolute Gasteiger partial charge is 0.304 e. The third kappa shape index (κ3) is 2.92. The van der Waals surface area contributed by atoms with Crippen LogP contribution in [0.3, 0.4) is 0 Å². The number of aryl methyl sites for hydroxylation is 1. The average Bonchev–Trinajstić information content (AvgIpc) is 2.78. The Morgan fingerprint density at radius 1 is 1.39 bits per heavy atom. The predicted octanol–water partition coefficient (Wildman–Crippen LogP) is 2.49. The molecule has 2 aromatic heterocycles. The SMILES string of the molecule is CCC(NCc1cn[nH]c1C)c1ccc(F)cn1. The van der Waals surface area contributed by atoms with Gasteiger partial charge >= 0.3 is 0 Å². The lowest BCUT2D eigenvalue weighted by Gasteiger charge is -2.16. The maximum Gasteiger partial charge on any atom is 0.141 e. The Morgan fingerprint density at radius 2 is 2.22 bits per heavy atom. The van der Waals surface area contributed by atoms with Crippen LogP contribution in [0.5, 0.6) is 0 Å². The fraction of sp³-hybridized carbons (Fsp3) is 0.385. The summed E-state index contributed by atoms with van der Waals surface area (Å²) < 4.78 is 12.8. The Labute approximate surface area is 106 Å². The second-order valence-electron chi connectivity index (χ2n) is 4.26. The molecule has 96 valence electrons. The van der Waals surface area contributed by atoms with Crippen molar-refractivity contribution in [1.82, 2.24) is 20.5 Å². The van der Waals surface area contributed by atoms with E-state index < -0.39 is 0 Å². The third-order valence-corrected chi connectivity index (χ3v) is 2.99. The number of rotatable bonds is 5. The van der Waals surface area contributed by atoms with Gasteiger partial charge in [0.1, 0.15) is 5.82 Å². The summed E-state index contributed by atoms with van der Waals surface area (Å²) in [7, 11) is 0. The van der Waals surface area contributed by atoms with Gasteiger partial charge in [0.15, 0.2) is 0 Å². The number of hydrogen-bond donors (Lipinski definition) is 2. The van der Waals surface area contributed by atoms with Crippen LogP contribution < -0.4 is 5.32 Å². The molecule has 18 heavy (non-hydrogen) atoms. The van der Waals surface area contributed by atoms with E-state index in [4.69, 9.17) is 0 Å². The summed E-state index contributed by atoms with van der Waals surface area (Å²) >= 11 is 0. The molecule has 2 rings (SSSR count). The van der Waals surface area contributed by atoms with Crippen molar-refractivity contribution in [2.45, 2.75) is 32.9 Å². The van der Waals surface area contributed by atoms with Crippen LogP contribution in [0.4, 0.5) is 4.39 Å². The molecular formula is C13H17FN4. The minimum absolute atomic E-state index is 0.125. The second-order valence-corrected chi connectivity index (χ2v) is 4.26. The number of nitrogens with one attached hydrogen (secondary N) is 2. The third-order valence-electron chi connectivity index (χ3n) is 2.99. The van der Waals surface area contributed by atoms with Crippen LogP contribution in [-0.4, -0.2) is 15.2 Å². The standard InChI is InChI=1S/C13H17FN4/c1-3-12(13-5-4-11(14)8-16-13)15-6-10-7-17-18-9(10)2/h4-5,7-8,12,15H,3,6H2,1-2H3,(H,17,18). The zero-order valence-electron chi connectivity index (χ0n) is 10.6. The molecule has 5 heteroatoms. The normalized spacial score (nSPS) is 12.6. The molecule has 0 spiro atoms. The molecule has 2 aromatic rings. The molecule has 1 unspecified atom stereocenters. The Bertz CT molecular complexity index is 492. The summed E-state index contributed by atoms with van der Waals surface area (Å²) in [4.78, 5) is 4.11. The molecule has 0 aliphatic carbocycles. The maximum absolute atomic E-state index is 12.8. The first-order valence-electron chi connectivity index (χ1n) is 6.04. The molecule has 2 heterocycles. The Balaban J connectivity index is 2.01. The van der Waals surface area contributed by atoms with E-state index in [-0.39, 0.29) is 11.9 Å². The summed E-state index contributed by atoms with van der Waals surface area (Å²) in [6.45, 7) is 4.78. The van der Waals surface area contributed by atoms with Gasteiger partial charge in [-0.3, -0.25) is 10.1 Å². The fourth-order valence-electron chi connectivity index (χ4n) is 1.84. The van der Waals surface area contributed by atoms with E-state index in [1.165, 1.54) is 12.3 Å².